The van der Waals surface area contributed by atoms with Gasteiger partial charge in [0.15, 0.2) is 0 Å². The number of nitrogens with zero attached hydrogens (tertiary/aromatic N) is 3. The maximum absolute atomic E-state index is 14.3. The first-order chi connectivity index (χ1) is 17.8. The molecule has 4 aromatic rings. The Morgan fingerprint density at radius 3 is 2.47 bits per heavy atom. The lowest BCUT2D eigenvalue weighted by Crippen LogP contribution is -2.49. The van der Waals surface area contributed by atoms with Gasteiger partial charge in [0.05, 0.1) is 28.5 Å². The number of nitrogens with one attached hydrogen (secondary N) is 1. The molecule has 7 nitrogen and oxygen atoms in total. The van der Waals surface area contributed by atoms with Crippen LogP contribution < -0.4 is 15.6 Å². The van der Waals surface area contributed by atoms with Crippen LogP contribution in [0, 0.1) is 11.7 Å². The van der Waals surface area contributed by atoms with Crippen LogP contribution in [0.3, 0.4) is 0 Å². The third-order valence-corrected chi connectivity index (χ3v) is 6.30. The Hall–Kier alpha value is -3.86. The molecule has 0 aliphatic rings. The minimum absolute atomic E-state index is 0.167. The van der Waals surface area contributed by atoms with Crippen molar-refractivity contribution in [1.29, 1.82) is 0 Å². The zero-order chi connectivity index (χ0) is 27.8. The van der Waals surface area contributed by atoms with E-state index >= 15 is 0 Å². The monoisotopic (exact) mass is 550 g/mol. The topological polar surface area (TPSA) is 78.2 Å². The van der Waals surface area contributed by atoms with Crippen molar-refractivity contribution in [3.63, 3.8) is 0 Å². The second-order valence-corrected chi connectivity index (χ2v) is 9.47. The van der Waals surface area contributed by atoms with Gasteiger partial charge in [0.1, 0.15) is 17.7 Å². The lowest BCUT2D eigenvalue weighted by atomic mass is 9.92. The first kappa shape index (κ1) is 27.2. The first-order valence-electron chi connectivity index (χ1n) is 11.5. The molecular weight excluding hydrogens is 528 g/mol. The summed E-state index contributed by atoms with van der Waals surface area (Å²) in [6, 6.07) is 10.5. The molecule has 0 radical (unpaired) electrons. The Bertz CT molecular complexity index is 1550. The van der Waals surface area contributed by atoms with Gasteiger partial charge in [-0.25, -0.2) is 9.07 Å². The molecule has 2 aromatic heterocycles. The van der Waals surface area contributed by atoms with Crippen LogP contribution in [-0.4, -0.2) is 32.5 Å². The van der Waals surface area contributed by atoms with E-state index in [4.69, 9.17) is 16.3 Å². The van der Waals surface area contributed by atoms with Crippen molar-refractivity contribution in [3.05, 3.63) is 87.7 Å². The zero-order valence-corrected chi connectivity index (χ0v) is 21.2. The molecule has 0 spiro atoms. The summed E-state index contributed by atoms with van der Waals surface area (Å²) in [5.41, 5.74) is 1.33. The molecule has 0 saturated heterocycles. The van der Waals surface area contributed by atoms with Gasteiger partial charge in [0, 0.05) is 24.7 Å². The maximum Gasteiger partial charge on any atom is 0.471 e. The Morgan fingerprint density at radius 2 is 1.84 bits per heavy atom. The highest BCUT2D eigenvalue weighted by atomic mass is 35.5. The number of rotatable bonds is 7. The van der Waals surface area contributed by atoms with Gasteiger partial charge in [-0.05, 0) is 47.9 Å². The fraction of sp³-hybridized carbons (Fsp3) is 0.269. The number of pyridine rings is 1. The molecule has 0 aliphatic heterocycles. The van der Waals surface area contributed by atoms with Crippen molar-refractivity contribution in [3.8, 4) is 11.4 Å². The van der Waals surface area contributed by atoms with Gasteiger partial charge in [-0.1, -0.05) is 31.5 Å². The number of hydrogen-bond donors (Lipinski definition) is 1. The van der Waals surface area contributed by atoms with Crippen LogP contribution in [0.5, 0.6) is 5.75 Å². The number of hydrogen-bond acceptors (Lipinski definition) is 4. The van der Waals surface area contributed by atoms with Gasteiger partial charge in [-0.2, -0.15) is 18.3 Å². The lowest BCUT2D eigenvalue weighted by Gasteiger charge is -2.32. The number of halogens is 5. The Morgan fingerprint density at radius 1 is 1.11 bits per heavy atom. The molecule has 1 amide bonds. The van der Waals surface area contributed by atoms with E-state index in [1.165, 1.54) is 22.8 Å². The predicted molar refractivity (Wildman–Crippen MR) is 134 cm³/mol. The van der Waals surface area contributed by atoms with Gasteiger partial charge in [-0.15, -0.1) is 0 Å². The predicted octanol–water partition coefficient (Wildman–Crippen LogP) is 5.34. The van der Waals surface area contributed by atoms with Crippen LogP contribution in [0.25, 0.3) is 16.6 Å². The molecule has 38 heavy (non-hydrogen) atoms. The quantitative estimate of drug-likeness (QED) is 0.315. The number of carbonyl (C=O) groups is 1. The number of aryl methyl sites for hydroxylation is 1. The van der Waals surface area contributed by atoms with Crippen LogP contribution >= 0.6 is 11.6 Å². The van der Waals surface area contributed by atoms with Crippen molar-refractivity contribution >= 4 is 28.4 Å². The van der Waals surface area contributed by atoms with E-state index in [-0.39, 0.29) is 21.9 Å². The lowest BCUT2D eigenvalue weighted by molar-refractivity contribution is -0.175. The molecule has 0 bridgehead atoms. The number of amides is 1. The molecule has 0 saturated carbocycles. The molecule has 12 heteroatoms. The van der Waals surface area contributed by atoms with Crippen molar-refractivity contribution in [2.75, 3.05) is 0 Å². The molecular formula is C26H23ClF4N4O3. The summed E-state index contributed by atoms with van der Waals surface area (Å²) in [6.45, 7) is 3.23. The average Bonchev–Trinajstić information content (AvgIpc) is 3.27. The second-order valence-electron chi connectivity index (χ2n) is 9.07. The molecule has 2 heterocycles. The highest BCUT2D eigenvalue weighted by Crippen LogP contribution is 2.33. The van der Waals surface area contributed by atoms with E-state index in [9.17, 15) is 27.2 Å². The van der Waals surface area contributed by atoms with E-state index < -0.39 is 36.0 Å². The third kappa shape index (κ3) is 5.67. The van der Waals surface area contributed by atoms with E-state index in [1.54, 1.807) is 62.2 Å². The molecule has 200 valence electrons. The van der Waals surface area contributed by atoms with E-state index in [1.807, 2.05) is 5.32 Å². The van der Waals surface area contributed by atoms with E-state index in [2.05, 4.69) is 5.10 Å². The van der Waals surface area contributed by atoms with Crippen molar-refractivity contribution in [2.45, 2.75) is 32.2 Å². The standard InChI is InChI=1S/C26H23ClF4N4O3/c1-14(2)23(33-25(37)26(29,30)31)24(15-4-7-19(27)20(28)11-15)38-18-6-8-21-16(10-18)12-32-35(21)17-5-9-22(36)34(3)13-17/h4-14,23-24H,1-3H3,(H,33,37)/t23?,24-/m1/s1. The van der Waals surface area contributed by atoms with Crippen LogP contribution in [0.1, 0.15) is 25.5 Å². The number of fused-ring (bicyclic) bond motifs is 1. The molecule has 2 atom stereocenters. The second kappa shape index (κ2) is 10.5. The SMILES string of the molecule is CC(C)C(NC(=O)C(F)(F)F)[C@H](Oc1ccc2c(cnn2-c2ccc(=O)n(C)c2)c1)c1ccc(Cl)c(F)c1. The van der Waals surface area contributed by atoms with Gasteiger partial charge in [-0.3, -0.25) is 9.59 Å². The molecule has 1 N–H and O–H groups in total. The smallest absolute Gasteiger partial charge is 0.471 e. The summed E-state index contributed by atoms with van der Waals surface area (Å²) < 4.78 is 62.7. The average molecular weight is 551 g/mol. The Labute approximate surface area is 219 Å². The fourth-order valence-corrected chi connectivity index (χ4v) is 4.12. The molecule has 0 fully saturated rings. The number of aromatic nitrogens is 3. The zero-order valence-electron chi connectivity index (χ0n) is 20.5. The Balaban J connectivity index is 1.73. The van der Waals surface area contributed by atoms with Gasteiger partial charge in [0.25, 0.3) is 0 Å². The van der Waals surface area contributed by atoms with Gasteiger partial charge >= 0.3 is 12.1 Å². The van der Waals surface area contributed by atoms with E-state index in [0.717, 1.165) is 6.07 Å². The molecule has 0 aliphatic carbocycles. The number of ether oxygens (including phenoxy) is 1. The largest absolute Gasteiger partial charge is 0.484 e. The van der Waals surface area contributed by atoms with Gasteiger partial charge < -0.3 is 14.6 Å². The van der Waals surface area contributed by atoms with Crippen molar-refractivity contribution < 1.29 is 27.1 Å². The van der Waals surface area contributed by atoms with Crippen molar-refractivity contribution in [2.24, 2.45) is 13.0 Å². The highest BCUT2D eigenvalue weighted by Gasteiger charge is 2.42. The Kier molecular flexibility index (Phi) is 7.50. The fourth-order valence-electron chi connectivity index (χ4n) is 4.00. The van der Waals surface area contributed by atoms with Crippen LogP contribution in [-0.2, 0) is 11.8 Å². The van der Waals surface area contributed by atoms with Gasteiger partial charge in [0.2, 0.25) is 5.56 Å². The van der Waals surface area contributed by atoms with Crippen LogP contribution in [0.15, 0.2) is 65.7 Å². The summed E-state index contributed by atoms with van der Waals surface area (Å²) >= 11 is 5.81. The number of benzene rings is 2. The summed E-state index contributed by atoms with van der Waals surface area (Å²) in [7, 11) is 1.62. The number of alkyl halides is 3. The van der Waals surface area contributed by atoms with Crippen LogP contribution in [0.2, 0.25) is 5.02 Å². The minimum atomic E-state index is -5.11. The first-order valence-corrected chi connectivity index (χ1v) is 11.9. The number of carbonyl (C=O) groups excluding carboxylic acids is 1. The molecule has 2 aromatic carbocycles. The molecule has 1 unspecified atom stereocenters. The van der Waals surface area contributed by atoms with E-state index in [0.29, 0.717) is 16.6 Å². The third-order valence-electron chi connectivity index (χ3n) is 5.99. The summed E-state index contributed by atoms with van der Waals surface area (Å²) in [6.07, 6.45) is -3.11. The summed E-state index contributed by atoms with van der Waals surface area (Å²) in [5, 5.41) is 6.83. The normalized spacial score (nSPS) is 13.5. The maximum atomic E-state index is 14.3. The summed E-state index contributed by atoms with van der Waals surface area (Å²) in [4.78, 5) is 23.6. The molecule has 4 rings (SSSR count). The minimum Gasteiger partial charge on any atom is -0.484 e. The van der Waals surface area contributed by atoms with Crippen molar-refractivity contribution in [1.82, 2.24) is 19.7 Å². The highest BCUT2D eigenvalue weighted by molar-refractivity contribution is 6.30. The van der Waals surface area contributed by atoms with Crippen LogP contribution in [0.4, 0.5) is 17.6 Å². The summed E-state index contributed by atoms with van der Waals surface area (Å²) in [5.74, 6) is -3.18.